The molecule has 0 atom stereocenters. The number of aromatic amines is 1. The average molecular weight is 321 g/mol. The molecule has 0 fully saturated rings. The van der Waals surface area contributed by atoms with Gasteiger partial charge in [0.15, 0.2) is 5.16 Å². The Kier molecular flexibility index (Phi) is 3.87. The van der Waals surface area contributed by atoms with Crippen LogP contribution in [0.2, 0.25) is 5.02 Å². The Morgan fingerprint density at radius 3 is 3.10 bits per heavy atom. The first kappa shape index (κ1) is 13.7. The maximum Gasteiger partial charge on any atom is 0.170 e. The zero-order chi connectivity index (χ0) is 14.1. The number of hydrogen-bond acceptors (Lipinski definition) is 3. The van der Waals surface area contributed by atoms with E-state index < -0.39 is 0 Å². The number of H-pyrrole nitrogens is 1. The van der Waals surface area contributed by atoms with Crippen molar-refractivity contribution in [2.45, 2.75) is 18.5 Å². The highest BCUT2D eigenvalue weighted by molar-refractivity contribution is 8.02. The van der Waals surface area contributed by atoms with Crippen LogP contribution in [0, 0.1) is 0 Å². The molecule has 0 spiro atoms. The van der Waals surface area contributed by atoms with Gasteiger partial charge in [0.2, 0.25) is 0 Å². The highest BCUT2D eigenvalue weighted by atomic mass is 35.5. The fourth-order valence-electron chi connectivity index (χ4n) is 1.84. The SMILES string of the molecule is C=C(CC)Sc1nc(-c2cc3c(Cl)cccc3s2)c[nH]1. The number of fused-ring (bicyclic) bond motifs is 1. The average Bonchev–Trinajstić information content (AvgIpc) is 3.05. The third kappa shape index (κ3) is 2.64. The fraction of sp³-hybridized carbons (Fsp3) is 0.133. The van der Waals surface area contributed by atoms with Crippen LogP contribution < -0.4 is 0 Å². The van der Waals surface area contributed by atoms with Crippen molar-refractivity contribution < 1.29 is 0 Å². The Balaban J connectivity index is 1.95. The van der Waals surface area contributed by atoms with Gasteiger partial charge in [0.25, 0.3) is 0 Å². The van der Waals surface area contributed by atoms with Crippen molar-refractivity contribution >= 4 is 44.8 Å². The van der Waals surface area contributed by atoms with Gasteiger partial charge in [-0.05, 0) is 29.5 Å². The molecule has 0 aliphatic rings. The van der Waals surface area contributed by atoms with Crippen LogP contribution in [-0.2, 0) is 0 Å². The standard InChI is InChI=1S/C15H13ClN2S2/c1-3-9(2)19-15-17-8-12(18-15)14-7-10-11(16)5-4-6-13(10)20-14/h4-8H,2-3H2,1H3,(H,17,18). The van der Waals surface area contributed by atoms with Gasteiger partial charge in [-0.15, -0.1) is 11.3 Å². The molecule has 0 amide bonds. The lowest BCUT2D eigenvalue weighted by atomic mass is 10.2. The van der Waals surface area contributed by atoms with Crippen LogP contribution in [0.3, 0.4) is 0 Å². The van der Waals surface area contributed by atoms with Crippen LogP contribution >= 0.6 is 34.7 Å². The minimum atomic E-state index is 0.787. The summed E-state index contributed by atoms with van der Waals surface area (Å²) in [5, 5.41) is 2.76. The first-order valence-corrected chi connectivity index (χ1v) is 8.28. The summed E-state index contributed by atoms with van der Waals surface area (Å²) in [4.78, 5) is 10.0. The van der Waals surface area contributed by atoms with Gasteiger partial charge in [0.05, 0.1) is 10.6 Å². The highest BCUT2D eigenvalue weighted by Gasteiger charge is 2.10. The largest absolute Gasteiger partial charge is 0.339 e. The molecule has 3 aromatic rings. The van der Waals surface area contributed by atoms with Gasteiger partial charge in [-0.1, -0.05) is 42.9 Å². The predicted molar refractivity (Wildman–Crippen MR) is 89.7 cm³/mol. The molecule has 1 aromatic carbocycles. The number of allylic oxidation sites excluding steroid dienone is 1. The van der Waals surface area contributed by atoms with E-state index >= 15 is 0 Å². The van der Waals surface area contributed by atoms with Gasteiger partial charge < -0.3 is 4.98 Å². The van der Waals surface area contributed by atoms with Gasteiger partial charge in [0, 0.05) is 21.3 Å². The topological polar surface area (TPSA) is 28.7 Å². The number of aromatic nitrogens is 2. The zero-order valence-electron chi connectivity index (χ0n) is 10.9. The normalized spacial score (nSPS) is 11.1. The predicted octanol–water partition coefficient (Wildman–Crippen LogP) is 5.96. The fourth-order valence-corrected chi connectivity index (χ4v) is 3.86. The lowest BCUT2D eigenvalue weighted by Gasteiger charge is -1.96. The second kappa shape index (κ2) is 5.64. The summed E-state index contributed by atoms with van der Waals surface area (Å²) in [7, 11) is 0. The summed E-state index contributed by atoms with van der Waals surface area (Å²) < 4.78 is 1.18. The maximum absolute atomic E-state index is 6.21. The van der Waals surface area contributed by atoms with Gasteiger partial charge in [-0.3, -0.25) is 0 Å². The Bertz CT molecular complexity index is 773. The number of benzene rings is 1. The van der Waals surface area contributed by atoms with Crippen molar-refractivity contribution in [3.05, 3.63) is 47.0 Å². The van der Waals surface area contributed by atoms with Crippen molar-refractivity contribution in [1.29, 1.82) is 0 Å². The summed E-state index contributed by atoms with van der Waals surface area (Å²) in [6.07, 6.45) is 2.88. The van der Waals surface area contributed by atoms with Crippen molar-refractivity contribution in [2.24, 2.45) is 0 Å². The van der Waals surface area contributed by atoms with Gasteiger partial charge in [-0.25, -0.2) is 4.98 Å². The molecule has 1 N–H and O–H groups in total. The minimum Gasteiger partial charge on any atom is -0.339 e. The van der Waals surface area contributed by atoms with Crippen LogP contribution in [0.5, 0.6) is 0 Å². The number of thioether (sulfide) groups is 1. The summed E-state index contributed by atoms with van der Waals surface area (Å²) in [5.74, 6) is 0. The van der Waals surface area contributed by atoms with Crippen molar-refractivity contribution in [2.75, 3.05) is 0 Å². The Morgan fingerprint density at radius 2 is 2.35 bits per heavy atom. The molecule has 3 rings (SSSR count). The lowest BCUT2D eigenvalue weighted by Crippen LogP contribution is -1.76. The molecule has 0 aliphatic heterocycles. The molecule has 0 bridgehead atoms. The number of rotatable bonds is 4. The first-order chi connectivity index (χ1) is 9.67. The summed E-state index contributed by atoms with van der Waals surface area (Å²) in [5.41, 5.74) is 0.952. The van der Waals surface area contributed by atoms with E-state index in [2.05, 4.69) is 35.6 Å². The number of imidazole rings is 1. The molecule has 0 saturated carbocycles. The molecule has 0 saturated heterocycles. The second-order valence-electron chi connectivity index (χ2n) is 4.35. The third-order valence-corrected chi connectivity index (χ3v) is 5.38. The van der Waals surface area contributed by atoms with E-state index in [1.54, 1.807) is 23.1 Å². The van der Waals surface area contributed by atoms with E-state index in [9.17, 15) is 0 Å². The van der Waals surface area contributed by atoms with Gasteiger partial charge in [-0.2, -0.15) is 0 Å². The quantitative estimate of drug-likeness (QED) is 0.601. The molecular formula is C15H13ClN2S2. The number of halogens is 1. The first-order valence-electron chi connectivity index (χ1n) is 6.27. The summed E-state index contributed by atoms with van der Waals surface area (Å²) >= 11 is 9.50. The van der Waals surface area contributed by atoms with Crippen molar-refractivity contribution in [1.82, 2.24) is 9.97 Å². The molecule has 2 heterocycles. The Labute approximate surface area is 130 Å². The van der Waals surface area contributed by atoms with Gasteiger partial charge >= 0.3 is 0 Å². The second-order valence-corrected chi connectivity index (χ2v) is 7.01. The van der Waals surface area contributed by atoms with E-state index in [-0.39, 0.29) is 0 Å². The number of hydrogen-bond donors (Lipinski definition) is 1. The van der Waals surface area contributed by atoms with Crippen LogP contribution in [0.1, 0.15) is 13.3 Å². The summed E-state index contributed by atoms with van der Waals surface area (Å²) in [6.45, 7) is 6.08. The lowest BCUT2D eigenvalue weighted by molar-refractivity contribution is 1.06. The van der Waals surface area contributed by atoms with Gasteiger partial charge in [0.1, 0.15) is 0 Å². The van der Waals surface area contributed by atoms with E-state index in [0.29, 0.717) is 0 Å². The van der Waals surface area contributed by atoms with Crippen LogP contribution in [0.4, 0.5) is 0 Å². The van der Waals surface area contributed by atoms with Crippen LogP contribution in [0.15, 0.2) is 47.1 Å². The minimum absolute atomic E-state index is 0.787. The number of nitrogens with zero attached hydrogens (tertiary/aromatic N) is 1. The zero-order valence-corrected chi connectivity index (χ0v) is 13.3. The third-order valence-electron chi connectivity index (χ3n) is 2.95. The molecule has 0 unspecified atom stereocenters. The molecule has 0 aliphatic carbocycles. The smallest absolute Gasteiger partial charge is 0.170 e. The van der Waals surface area contributed by atoms with E-state index in [0.717, 1.165) is 37.5 Å². The number of nitrogens with one attached hydrogen (secondary N) is 1. The molecule has 5 heteroatoms. The van der Waals surface area contributed by atoms with E-state index in [1.165, 1.54) is 4.70 Å². The molecule has 20 heavy (non-hydrogen) atoms. The molecular weight excluding hydrogens is 308 g/mol. The molecule has 2 nitrogen and oxygen atoms in total. The highest BCUT2D eigenvalue weighted by Crippen LogP contribution is 2.37. The summed E-state index contributed by atoms with van der Waals surface area (Å²) in [6, 6.07) is 8.07. The maximum atomic E-state index is 6.21. The Morgan fingerprint density at radius 1 is 1.50 bits per heavy atom. The van der Waals surface area contributed by atoms with E-state index in [1.807, 2.05) is 18.3 Å². The molecule has 102 valence electrons. The van der Waals surface area contributed by atoms with Crippen LogP contribution in [-0.4, -0.2) is 9.97 Å². The number of thiophene rings is 1. The molecule has 0 radical (unpaired) electrons. The Hall–Kier alpha value is -1.23. The monoisotopic (exact) mass is 320 g/mol. The van der Waals surface area contributed by atoms with E-state index in [4.69, 9.17) is 11.6 Å². The molecule has 2 aromatic heterocycles. The van der Waals surface area contributed by atoms with Crippen LogP contribution in [0.25, 0.3) is 20.7 Å². The van der Waals surface area contributed by atoms with Crippen molar-refractivity contribution in [3.8, 4) is 10.6 Å². The van der Waals surface area contributed by atoms with Crippen molar-refractivity contribution in [3.63, 3.8) is 0 Å².